The van der Waals surface area contributed by atoms with Gasteiger partial charge in [-0.3, -0.25) is 4.79 Å². The standard InChI is InChI=1S/C14H14N2O4/c17-11-3-1-2-10(8-11)13-9-16(5-7-19-13)14(18)12-4-6-20-15-12/h1-4,6,8,13,17H,5,7,9H2/t13-/m0/s1. The zero-order valence-corrected chi connectivity index (χ0v) is 10.7. The summed E-state index contributed by atoms with van der Waals surface area (Å²) in [7, 11) is 0. The van der Waals surface area contributed by atoms with E-state index >= 15 is 0 Å². The molecule has 0 unspecified atom stereocenters. The summed E-state index contributed by atoms with van der Waals surface area (Å²) in [5, 5.41) is 13.2. The Kier molecular flexibility index (Phi) is 3.39. The summed E-state index contributed by atoms with van der Waals surface area (Å²) >= 11 is 0. The Bertz CT molecular complexity index is 597. The third-order valence-corrected chi connectivity index (χ3v) is 3.25. The highest BCUT2D eigenvalue weighted by molar-refractivity contribution is 5.92. The first-order valence-electron chi connectivity index (χ1n) is 6.34. The van der Waals surface area contributed by atoms with E-state index < -0.39 is 0 Å². The van der Waals surface area contributed by atoms with E-state index in [1.165, 1.54) is 6.26 Å². The molecule has 2 aromatic rings. The minimum atomic E-state index is -0.244. The second-order valence-electron chi connectivity index (χ2n) is 4.59. The lowest BCUT2D eigenvalue weighted by atomic mass is 10.1. The maximum Gasteiger partial charge on any atom is 0.276 e. The van der Waals surface area contributed by atoms with E-state index in [0.29, 0.717) is 25.4 Å². The fraction of sp³-hybridized carbons (Fsp3) is 0.286. The molecule has 1 aliphatic rings. The molecule has 1 saturated heterocycles. The highest BCUT2D eigenvalue weighted by Gasteiger charge is 2.27. The van der Waals surface area contributed by atoms with E-state index in [0.717, 1.165) is 5.56 Å². The van der Waals surface area contributed by atoms with Crippen molar-refractivity contribution in [2.75, 3.05) is 19.7 Å². The summed E-state index contributed by atoms with van der Waals surface area (Å²) in [4.78, 5) is 13.9. The van der Waals surface area contributed by atoms with Crippen molar-refractivity contribution in [3.05, 3.63) is 47.9 Å². The van der Waals surface area contributed by atoms with Gasteiger partial charge in [-0.15, -0.1) is 0 Å². The lowest BCUT2D eigenvalue weighted by Gasteiger charge is -2.32. The number of carbonyl (C=O) groups is 1. The Balaban J connectivity index is 1.75. The molecule has 1 aromatic heterocycles. The Morgan fingerprint density at radius 3 is 3.05 bits per heavy atom. The van der Waals surface area contributed by atoms with Crippen molar-refractivity contribution < 1.29 is 19.2 Å². The van der Waals surface area contributed by atoms with Gasteiger partial charge in [0.15, 0.2) is 5.69 Å². The number of aromatic nitrogens is 1. The molecular formula is C14H14N2O4. The van der Waals surface area contributed by atoms with Crippen molar-refractivity contribution in [3.8, 4) is 5.75 Å². The highest BCUT2D eigenvalue weighted by atomic mass is 16.5. The molecule has 104 valence electrons. The molecule has 3 rings (SSSR count). The number of carbonyl (C=O) groups excluding carboxylic acids is 1. The van der Waals surface area contributed by atoms with Gasteiger partial charge in [0, 0.05) is 12.6 Å². The number of ether oxygens (including phenoxy) is 1. The molecule has 1 amide bonds. The molecular weight excluding hydrogens is 260 g/mol. The Morgan fingerprint density at radius 1 is 1.40 bits per heavy atom. The Hall–Kier alpha value is -2.34. The van der Waals surface area contributed by atoms with Crippen molar-refractivity contribution in [2.45, 2.75) is 6.10 Å². The first-order chi connectivity index (χ1) is 9.74. The minimum Gasteiger partial charge on any atom is -0.508 e. The van der Waals surface area contributed by atoms with Crippen LogP contribution >= 0.6 is 0 Å². The van der Waals surface area contributed by atoms with Crippen LogP contribution in [-0.2, 0) is 4.74 Å². The average Bonchev–Trinajstić information content (AvgIpc) is 3.01. The van der Waals surface area contributed by atoms with E-state index in [9.17, 15) is 9.90 Å². The summed E-state index contributed by atoms with van der Waals surface area (Å²) in [6.45, 7) is 1.39. The van der Waals surface area contributed by atoms with Crippen molar-refractivity contribution >= 4 is 5.91 Å². The van der Waals surface area contributed by atoms with Crippen LogP contribution in [0.2, 0.25) is 0 Å². The summed E-state index contributed by atoms with van der Waals surface area (Å²) in [5.74, 6) is 0.0123. The molecule has 0 aliphatic carbocycles. The lowest BCUT2D eigenvalue weighted by molar-refractivity contribution is -0.0231. The van der Waals surface area contributed by atoms with Crippen molar-refractivity contribution in [3.63, 3.8) is 0 Å². The molecule has 1 aromatic carbocycles. The van der Waals surface area contributed by atoms with Crippen LogP contribution in [-0.4, -0.2) is 40.8 Å². The Labute approximate surface area is 115 Å². The van der Waals surface area contributed by atoms with Gasteiger partial charge in [-0.2, -0.15) is 0 Å². The van der Waals surface area contributed by atoms with Crippen LogP contribution in [0, 0.1) is 0 Å². The Morgan fingerprint density at radius 2 is 2.30 bits per heavy atom. The molecule has 0 bridgehead atoms. The SMILES string of the molecule is O=C(c1ccon1)N1CCO[C@H](c2cccc(O)c2)C1. The van der Waals surface area contributed by atoms with Gasteiger partial charge in [0.2, 0.25) is 0 Å². The molecule has 1 N–H and O–H groups in total. The lowest BCUT2D eigenvalue weighted by Crippen LogP contribution is -2.42. The molecule has 1 aliphatic heterocycles. The van der Waals surface area contributed by atoms with Gasteiger partial charge >= 0.3 is 0 Å². The summed E-state index contributed by atoms with van der Waals surface area (Å²) in [6.07, 6.45) is 1.13. The molecule has 1 atom stereocenters. The number of aromatic hydroxyl groups is 1. The van der Waals surface area contributed by atoms with Crippen LogP contribution in [0.4, 0.5) is 0 Å². The normalized spacial score (nSPS) is 19.0. The second kappa shape index (κ2) is 5.34. The number of morpholine rings is 1. The average molecular weight is 274 g/mol. The molecule has 2 heterocycles. The maximum atomic E-state index is 12.2. The van der Waals surface area contributed by atoms with Crippen molar-refractivity contribution in [2.24, 2.45) is 0 Å². The first-order valence-corrected chi connectivity index (χ1v) is 6.34. The monoisotopic (exact) mass is 274 g/mol. The topological polar surface area (TPSA) is 75.8 Å². The van der Waals surface area contributed by atoms with Crippen LogP contribution in [0.3, 0.4) is 0 Å². The number of benzene rings is 1. The van der Waals surface area contributed by atoms with Gasteiger partial charge in [0.25, 0.3) is 5.91 Å². The third-order valence-electron chi connectivity index (χ3n) is 3.25. The smallest absolute Gasteiger partial charge is 0.276 e. The summed E-state index contributed by atoms with van der Waals surface area (Å²) in [6, 6.07) is 8.42. The van der Waals surface area contributed by atoms with Crippen molar-refractivity contribution in [1.82, 2.24) is 10.1 Å². The molecule has 0 spiro atoms. The molecule has 0 radical (unpaired) electrons. The van der Waals surface area contributed by atoms with Crippen LogP contribution in [0.25, 0.3) is 0 Å². The zero-order valence-electron chi connectivity index (χ0n) is 10.7. The molecule has 0 saturated carbocycles. The van der Waals surface area contributed by atoms with Crippen LogP contribution in [0.15, 0.2) is 41.1 Å². The van der Waals surface area contributed by atoms with Crippen LogP contribution in [0.1, 0.15) is 22.2 Å². The number of phenols is 1. The third kappa shape index (κ3) is 2.50. The number of phenolic OH excluding ortho intramolecular Hbond substituents is 1. The van der Waals surface area contributed by atoms with Crippen molar-refractivity contribution in [1.29, 1.82) is 0 Å². The molecule has 20 heavy (non-hydrogen) atoms. The highest BCUT2D eigenvalue weighted by Crippen LogP contribution is 2.25. The number of amides is 1. The van der Waals surface area contributed by atoms with Gasteiger partial charge in [-0.25, -0.2) is 0 Å². The fourth-order valence-electron chi connectivity index (χ4n) is 2.25. The molecule has 6 heteroatoms. The van der Waals surface area contributed by atoms with E-state index in [2.05, 4.69) is 5.16 Å². The summed E-state index contributed by atoms with van der Waals surface area (Å²) < 4.78 is 10.4. The largest absolute Gasteiger partial charge is 0.508 e. The van der Waals surface area contributed by atoms with Crippen LogP contribution in [0.5, 0.6) is 5.75 Å². The predicted molar refractivity (Wildman–Crippen MR) is 69.2 cm³/mol. The summed E-state index contributed by atoms with van der Waals surface area (Å²) in [5.41, 5.74) is 1.14. The quantitative estimate of drug-likeness (QED) is 0.900. The maximum absolute atomic E-state index is 12.2. The van der Waals surface area contributed by atoms with Gasteiger partial charge in [0.1, 0.15) is 18.1 Å². The predicted octanol–water partition coefficient (Wildman–Crippen LogP) is 1.59. The number of rotatable bonds is 2. The van der Waals surface area contributed by atoms with E-state index in [1.807, 2.05) is 6.07 Å². The minimum absolute atomic E-state index is 0.174. The number of nitrogens with zero attached hydrogens (tertiary/aromatic N) is 2. The molecule has 1 fully saturated rings. The zero-order chi connectivity index (χ0) is 13.9. The van der Waals surface area contributed by atoms with E-state index in [-0.39, 0.29) is 17.8 Å². The van der Waals surface area contributed by atoms with E-state index in [1.54, 1.807) is 29.2 Å². The van der Waals surface area contributed by atoms with Gasteiger partial charge < -0.3 is 19.3 Å². The van der Waals surface area contributed by atoms with E-state index in [4.69, 9.17) is 9.26 Å². The van der Waals surface area contributed by atoms with Crippen LogP contribution < -0.4 is 0 Å². The van der Waals surface area contributed by atoms with Gasteiger partial charge in [-0.1, -0.05) is 17.3 Å². The first kappa shape index (κ1) is 12.7. The van der Waals surface area contributed by atoms with Gasteiger partial charge in [0.05, 0.1) is 13.2 Å². The fourth-order valence-corrected chi connectivity index (χ4v) is 2.25. The number of hydrogen-bond acceptors (Lipinski definition) is 5. The number of hydrogen-bond donors (Lipinski definition) is 1. The second-order valence-corrected chi connectivity index (χ2v) is 4.59. The molecule has 6 nitrogen and oxygen atoms in total. The van der Waals surface area contributed by atoms with Gasteiger partial charge in [-0.05, 0) is 17.7 Å².